The fourth-order valence-electron chi connectivity index (χ4n) is 3.70. The van der Waals surface area contributed by atoms with Gasteiger partial charge in [0.25, 0.3) is 0 Å². The lowest BCUT2D eigenvalue weighted by atomic mass is 10.0. The Morgan fingerprint density at radius 2 is 2.08 bits per heavy atom. The summed E-state index contributed by atoms with van der Waals surface area (Å²) in [6.45, 7) is 4.43. The summed E-state index contributed by atoms with van der Waals surface area (Å²) in [5.74, 6) is 0. The molecule has 1 atom stereocenters. The van der Waals surface area contributed by atoms with Crippen molar-refractivity contribution >= 4 is 11.3 Å². The van der Waals surface area contributed by atoms with E-state index >= 15 is 0 Å². The normalized spacial score (nSPS) is 19.0. The number of likely N-dealkylation sites (tertiary alicyclic amines) is 1. The molecule has 4 nitrogen and oxygen atoms in total. The lowest BCUT2D eigenvalue weighted by Gasteiger charge is -2.33. The summed E-state index contributed by atoms with van der Waals surface area (Å²) in [6, 6.07) is 14.8. The Kier molecular flexibility index (Phi) is 3.98. The van der Waals surface area contributed by atoms with Gasteiger partial charge in [-0.25, -0.2) is 4.98 Å². The predicted octanol–water partition coefficient (Wildman–Crippen LogP) is 3.96. The third-order valence-electron chi connectivity index (χ3n) is 5.08. The molecule has 3 aromatic rings. The van der Waals surface area contributed by atoms with Gasteiger partial charge in [0.2, 0.25) is 0 Å². The molecule has 2 aromatic heterocycles. The van der Waals surface area contributed by atoms with Crippen molar-refractivity contribution in [1.82, 2.24) is 14.3 Å². The highest BCUT2D eigenvalue weighted by atomic mass is 15.2. The number of nitrogens with two attached hydrogens (primary N) is 1. The Bertz CT molecular complexity index is 852. The second-order valence-electron chi connectivity index (χ2n) is 6.78. The zero-order valence-corrected chi connectivity index (χ0v) is 14.2. The molecule has 4 rings (SSSR count). The number of piperidine rings is 1. The van der Waals surface area contributed by atoms with Gasteiger partial charge in [0.05, 0.1) is 11.4 Å². The van der Waals surface area contributed by atoms with Gasteiger partial charge in [-0.2, -0.15) is 0 Å². The van der Waals surface area contributed by atoms with Crippen molar-refractivity contribution in [3.8, 4) is 11.3 Å². The summed E-state index contributed by atoms with van der Waals surface area (Å²) in [7, 11) is 0. The van der Waals surface area contributed by atoms with Crippen LogP contribution in [0.2, 0.25) is 0 Å². The van der Waals surface area contributed by atoms with Crippen LogP contribution in [0.5, 0.6) is 0 Å². The monoisotopic (exact) mass is 320 g/mol. The third-order valence-corrected chi connectivity index (χ3v) is 5.08. The molecule has 1 fully saturated rings. The largest absolute Gasteiger partial charge is 0.399 e. The lowest BCUT2D eigenvalue weighted by Crippen LogP contribution is -2.37. The van der Waals surface area contributed by atoms with Gasteiger partial charge < -0.3 is 10.1 Å². The Morgan fingerprint density at radius 1 is 1.17 bits per heavy atom. The fourth-order valence-corrected chi connectivity index (χ4v) is 3.70. The van der Waals surface area contributed by atoms with Gasteiger partial charge in [-0.1, -0.05) is 24.6 Å². The summed E-state index contributed by atoms with van der Waals surface area (Å²) >= 11 is 0. The zero-order valence-electron chi connectivity index (χ0n) is 14.2. The minimum atomic E-state index is 0.627. The third kappa shape index (κ3) is 2.78. The fraction of sp³-hybridized carbons (Fsp3) is 0.350. The van der Waals surface area contributed by atoms with Crippen LogP contribution in [-0.2, 0) is 6.54 Å². The van der Waals surface area contributed by atoms with Crippen molar-refractivity contribution in [2.45, 2.75) is 38.8 Å². The molecule has 3 heterocycles. The first kappa shape index (κ1) is 15.2. The number of aromatic nitrogens is 2. The van der Waals surface area contributed by atoms with E-state index in [1.165, 1.54) is 25.0 Å². The molecule has 0 aliphatic carbocycles. The molecule has 1 unspecified atom stereocenters. The standard InChI is InChI=1S/C20H24N4/c1-15-7-2-4-11-23(15)14-18-20(16-8-6-9-17(21)13-16)22-19-10-3-5-12-24(18)19/h3,5-6,8-10,12-13,15H,2,4,7,11,14,21H2,1H3. The van der Waals surface area contributed by atoms with Crippen LogP contribution in [-0.4, -0.2) is 26.9 Å². The molecule has 1 aliphatic heterocycles. The van der Waals surface area contributed by atoms with Crippen molar-refractivity contribution in [1.29, 1.82) is 0 Å². The van der Waals surface area contributed by atoms with Gasteiger partial charge in [0.15, 0.2) is 0 Å². The number of imidazole rings is 1. The van der Waals surface area contributed by atoms with Crippen molar-refractivity contribution in [2.24, 2.45) is 0 Å². The van der Waals surface area contributed by atoms with E-state index in [0.29, 0.717) is 6.04 Å². The summed E-state index contributed by atoms with van der Waals surface area (Å²) < 4.78 is 2.22. The molecule has 1 saturated heterocycles. The van der Waals surface area contributed by atoms with Crippen LogP contribution in [0.15, 0.2) is 48.7 Å². The lowest BCUT2D eigenvalue weighted by molar-refractivity contribution is 0.151. The number of fused-ring (bicyclic) bond motifs is 1. The van der Waals surface area contributed by atoms with Crippen LogP contribution >= 0.6 is 0 Å². The smallest absolute Gasteiger partial charge is 0.137 e. The van der Waals surface area contributed by atoms with Gasteiger partial charge in [-0.05, 0) is 50.6 Å². The molecule has 4 heteroatoms. The van der Waals surface area contributed by atoms with Crippen molar-refractivity contribution in [3.05, 3.63) is 54.4 Å². The SMILES string of the molecule is CC1CCCCN1Cc1c(-c2cccc(N)c2)nc2ccccn12. The Morgan fingerprint density at radius 3 is 2.92 bits per heavy atom. The maximum absolute atomic E-state index is 6.00. The number of hydrogen-bond donors (Lipinski definition) is 1. The van der Waals surface area contributed by atoms with Crippen LogP contribution in [0, 0.1) is 0 Å². The van der Waals surface area contributed by atoms with Gasteiger partial charge >= 0.3 is 0 Å². The molecule has 0 bridgehead atoms. The average molecular weight is 320 g/mol. The summed E-state index contributed by atoms with van der Waals surface area (Å²) in [6.07, 6.45) is 6.02. The minimum absolute atomic E-state index is 0.627. The first-order valence-electron chi connectivity index (χ1n) is 8.78. The Balaban J connectivity index is 1.81. The molecule has 0 radical (unpaired) electrons. The van der Waals surface area contributed by atoms with E-state index in [1.54, 1.807) is 0 Å². The maximum Gasteiger partial charge on any atom is 0.137 e. The van der Waals surface area contributed by atoms with E-state index in [4.69, 9.17) is 10.7 Å². The number of rotatable bonds is 3. The van der Waals surface area contributed by atoms with E-state index < -0.39 is 0 Å². The number of benzene rings is 1. The predicted molar refractivity (Wildman–Crippen MR) is 98.8 cm³/mol. The number of nitrogen functional groups attached to an aromatic ring is 1. The summed E-state index contributed by atoms with van der Waals surface area (Å²) in [5.41, 5.74) is 11.2. The minimum Gasteiger partial charge on any atom is -0.399 e. The Labute approximate surface area is 142 Å². The highest BCUT2D eigenvalue weighted by Gasteiger charge is 2.22. The van der Waals surface area contributed by atoms with Gasteiger partial charge in [0, 0.05) is 30.0 Å². The van der Waals surface area contributed by atoms with Crippen LogP contribution < -0.4 is 5.73 Å². The first-order chi connectivity index (χ1) is 11.7. The first-order valence-corrected chi connectivity index (χ1v) is 8.78. The molecule has 1 aliphatic rings. The van der Waals surface area contributed by atoms with Crippen LogP contribution in [0.1, 0.15) is 31.9 Å². The van der Waals surface area contributed by atoms with Crippen LogP contribution in [0.3, 0.4) is 0 Å². The molecule has 0 amide bonds. The second kappa shape index (κ2) is 6.29. The molecule has 24 heavy (non-hydrogen) atoms. The highest BCUT2D eigenvalue weighted by Crippen LogP contribution is 2.28. The average Bonchev–Trinajstić information content (AvgIpc) is 2.96. The molecule has 1 aromatic carbocycles. The maximum atomic E-state index is 6.00. The Hall–Kier alpha value is -2.33. The van der Waals surface area contributed by atoms with Gasteiger partial charge in [0.1, 0.15) is 5.65 Å². The number of hydrogen-bond acceptors (Lipinski definition) is 3. The van der Waals surface area contributed by atoms with Gasteiger partial charge in [-0.3, -0.25) is 4.90 Å². The van der Waals surface area contributed by atoms with Crippen LogP contribution in [0.25, 0.3) is 16.9 Å². The highest BCUT2D eigenvalue weighted by molar-refractivity contribution is 5.69. The molecular formula is C20H24N4. The number of anilines is 1. The molecule has 124 valence electrons. The van der Waals surface area contributed by atoms with Crippen LogP contribution in [0.4, 0.5) is 5.69 Å². The van der Waals surface area contributed by atoms with Gasteiger partial charge in [-0.15, -0.1) is 0 Å². The van der Waals surface area contributed by atoms with E-state index in [2.05, 4.69) is 40.6 Å². The second-order valence-corrected chi connectivity index (χ2v) is 6.78. The van der Waals surface area contributed by atoms with Crippen molar-refractivity contribution < 1.29 is 0 Å². The van der Waals surface area contributed by atoms with E-state index in [-0.39, 0.29) is 0 Å². The van der Waals surface area contributed by atoms with E-state index in [9.17, 15) is 0 Å². The zero-order chi connectivity index (χ0) is 16.5. The van der Waals surface area contributed by atoms with E-state index in [1.807, 2.05) is 24.3 Å². The van der Waals surface area contributed by atoms with Crippen molar-refractivity contribution in [2.75, 3.05) is 12.3 Å². The number of pyridine rings is 1. The number of nitrogens with zero attached hydrogens (tertiary/aromatic N) is 3. The summed E-state index contributed by atoms with van der Waals surface area (Å²) in [5, 5.41) is 0. The molecule has 2 N–H and O–H groups in total. The molecular weight excluding hydrogens is 296 g/mol. The quantitative estimate of drug-likeness (QED) is 0.743. The molecule has 0 spiro atoms. The molecule has 0 saturated carbocycles. The van der Waals surface area contributed by atoms with E-state index in [0.717, 1.165) is 35.7 Å². The summed E-state index contributed by atoms with van der Waals surface area (Å²) in [4.78, 5) is 7.47. The van der Waals surface area contributed by atoms with Crippen molar-refractivity contribution in [3.63, 3.8) is 0 Å². The topological polar surface area (TPSA) is 46.6 Å².